The molecule has 250 valence electrons. The Morgan fingerprint density at radius 3 is 2.72 bits per heavy atom. The fourth-order valence-electron chi connectivity index (χ4n) is 5.69. The third kappa shape index (κ3) is 8.08. The molecular formula is C33H43FN10O3. The van der Waals surface area contributed by atoms with Crippen LogP contribution in [0, 0.1) is 12.9 Å². The number of anilines is 1. The van der Waals surface area contributed by atoms with Gasteiger partial charge in [-0.2, -0.15) is 14.6 Å². The highest BCUT2D eigenvalue weighted by Crippen LogP contribution is 2.31. The highest BCUT2D eigenvalue weighted by atomic mass is 19.1. The molecule has 0 spiro atoms. The SMILES string of the molecule is C=N/C(=N\C=C(/C)c1nn(-c2ccccc2)c(NC(=O)N[C@@H]2CN(CCOC)O[C@H]2c2ccnc(F)c2)c1C)N1CCN(C)[C@@H](C)C1. The van der Waals surface area contributed by atoms with Crippen molar-refractivity contribution in [3.63, 3.8) is 0 Å². The highest BCUT2D eigenvalue weighted by molar-refractivity contribution is 5.91. The van der Waals surface area contributed by atoms with Crippen LogP contribution in [-0.2, 0) is 9.57 Å². The topological polar surface area (TPSA) is 125 Å². The number of ether oxygens (including phenoxy) is 1. The van der Waals surface area contributed by atoms with Crippen LogP contribution >= 0.6 is 0 Å². The molecule has 2 fully saturated rings. The molecular weight excluding hydrogens is 603 g/mol. The summed E-state index contributed by atoms with van der Waals surface area (Å²) in [6.07, 6.45) is 2.50. The maximum Gasteiger partial charge on any atom is 0.320 e. The van der Waals surface area contributed by atoms with E-state index in [1.54, 1.807) is 29.1 Å². The average Bonchev–Trinajstić information content (AvgIpc) is 3.62. The van der Waals surface area contributed by atoms with Crippen molar-refractivity contribution in [3.05, 3.63) is 77.6 Å². The molecule has 1 aromatic carbocycles. The van der Waals surface area contributed by atoms with E-state index in [9.17, 15) is 9.18 Å². The lowest BCUT2D eigenvalue weighted by molar-refractivity contribution is -0.154. The summed E-state index contributed by atoms with van der Waals surface area (Å²) in [6, 6.07) is 12.0. The summed E-state index contributed by atoms with van der Waals surface area (Å²) in [6.45, 7) is 13.6. The monoisotopic (exact) mass is 646 g/mol. The fraction of sp³-hybridized carbons (Fsp3) is 0.424. The number of nitrogens with zero attached hydrogens (tertiary/aromatic N) is 8. The molecule has 2 aromatic heterocycles. The number of para-hydroxylation sites is 1. The number of halogens is 1. The van der Waals surface area contributed by atoms with E-state index in [4.69, 9.17) is 14.7 Å². The number of carbonyl (C=O) groups excluding carboxylic acids is 1. The number of piperazine rings is 1. The van der Waals surface area contributed by atoms with Crippen molar-refractivity contribution in [2.24, 2.45) is 9.98 Å². The second kappa shape index (κ2) is 15.4. The number of hydrogen-bond acceptors (Lipinski definition) is 8. The Morgan fingerprint density at radius 2 is 2.02 bits per heavy atom. The standard InChI is InChI=1S/C33H43FN10O3/c1-22(19-37-32(35-4)42-15-14-41(5)23(2)20-42)29-24(3)31(44(40-29)26-10-8-7-9-11-26)39-33(45)38-27-21-43(16-17-46-6)47-30(27)25-12-13-36-28(34)18-25/h7-13,18-19,23,27,30H,4,14-17,20-21H2,1-3,5-6H3,(H2,38,39,45)/b22-19+,37-32+/t23-,27+,30-/m0/s1. The van der Waals surface area contributed by atoms with E-state index in [1.165, 1.54) is 12.3 Å². The van der Waals surface area contributed by atoms with Crippen molar-refractivity contribution in [1.82, 2.24) is 34.9 Å². The number of allylic oxidation sites excluding steroid dienone is 1. The molecule has 2 amide bonds. The maximum atomic E-state index is 14.0. The summed E-state index contributed by atoms with van der Waals surface area (Å²) in [4.78, 5) is 36.7. The molecule has 0 bridgehead atoms. The third-order valence-corrected chi connectivity index (χ3v) is 8.45. The van der Waals surface area contributed by atoms with E-state index in [1.807, 2.05) is 44.2 Å². The highest BCUT2D eigenvalue weighted by Gasteiger charge is 2.37. The van der Waals surface area contributed by atoms with Gasteiger partial charge in [0.25, 0.3) is 0 Å². The van der Waals surface area contributed by atoms with Crippen LogP contribution in [0.15, 0.2) is 64.8 Å². The number of likely N-dealkylation sites (N-methyl/N-ethyl adjacent to an activating group) is 1. The molecule has 0 saturated carbocycles. The number of aromatic nitrogens is 3. The number of urea groups is 1. The summed E-state index contributed by atoms with van der Waals surface area (Å²) < 4.78 is 20.9. The predicted molar refractivity (Wildman–Crippen MR) is 180 cm³/mol. The van der Waals surface area contributed by atoms with Crippen LogP contribution in [0.1, 0.15) is 36.8 Å². The van der Waals surface area contributed by atoms with E-state index in [2.05, 4.69) is 56.1 Å². The van der Waals surface area contributed by atoms with Crippen molar-refractivity contribution in [3.8, 4) is 5.69 Å². The van der Waals surface area contributed by atoms with Crippen LogP contribution in [-0.4, -0.2) is 114 Å². The predicted octanol–water partition coefficient (Wildman–Crippen LogP) is 3.89. The van der Waals surface area contributed by atoms with Gasteiger partial charge in [0.15, 0.2) is 0 Å². The van der Waals surface area contributed by atoms with Gasteiger partial charge >= 0.3 is 6.03 Å². The Morgan fingerprint density at radius 1 is 1.23 bits per heavy atom. The Hall–Kier alpha value is -4.50. The van der Waals surface area contributed by atoms with Gasteiger partial charge in [0.05, 0.1) is 24.0 Å². The van der Waals surface area contributed by atoms with E-state index in [0.29, 0.717) is 48.8 Å². The largest absolute Gasteiger partial charge is 0.383 e. The first-order chi connectivity index (χ1) is 22.7. The molecule has 2 aliphatic rings. The van der Waals surface area contributed by atoms with Crippen molar-refractivity contribution < 1.29 is 18.8 Å². The van der Waals surface area contributed by atoms with Gasteiger partial charge in [-0.05, 0) is 69.9 Å². The summed E-state index contributed by atoms with van der Waals surface area (Å²) in [5.74, 6) is 0.433. The molecule has 3 aromatic rings. The second-order valence-corrected chi connectivity index (χ2v) is 11.8. The Labute approximate surface area is 274 Å². The van der Waals surface area contributed by atoms with Gasteiger partial charge in [-0.3, -0.25) is 10.2 Å². The second-order valence-electron chi connectivity index (χ2n) is 11.8. The zero-order valence-electron chi connectivity index (χ0n) is 27.6. The van der Waals surface area contributed by atoms with Gasteiger partial charge in [-0.1, -0.05) is 18.2 Å². The van der Waals surface area contributed by atoms with E-state index in [0.717, 1.165) is 36.5 Å². The minimum absolute atomic E-state index is 0.370. The van der Waals surface area contributed by atoms with Crippen LogP contribution in [0.5, 0.6) is 0 Å². The lowest BCUT2D eigenvalue weighted by atomic mass is 10.0. The van der Waals surface area contributed by atoms with Crippen LogP contribution < -0.4 is 10.6 Å². The first kappa shape index (κ1) is 33.9. The van der Waals surface area contributed by atoms with E-state index in [-0.39, 0.29) is 0 Å². The number of carbonyl (C=O) groups is 1. The molecule has 47 heavy (non-hydrogen) atoms. The quantitative estimate of drug-likeness (QED) is 0.204. The third-order valence-electron chi connectivity index (χ3n) is 8.45. The van der Waals surface area contributed by atoms with Gasteiger partial charge in [-0.15, -0.1) is 0 Å². The smallest absolute Gasteiger partial charge is 0.320 e. The number of methoxy groups -OCH3 is 1. The first-order valence-corrected chi connectivity index (χ1v) is 15.6. The number of hydroxylamine groups is 2. The Bertz CT molecular complexity index is 1610. The van der Waals surface area contributed by atoms with Crippen molar-refractivity contribution >= 4 is 30.1 Å². The van der Waals surface area contributed by atoms with Gasteiger partial charge in [0.1, 0.15) is 11.9 Å². The number of hydrogen-bond donors (Lipinski definition) is 2. The lowest BCUT2D eigenvalue weighted by Gasteiger charge is -2.37. The number of nitrogens with one attached hydrogen (secondary N) is 2. The van der Waals surface area contributed by atoms with Gasteiger partial charge in [-0.25, -0.2) is 24.4 Å². The molecule has 2 aliphatic heterocycles. The van der Waals surface area contributed by atoms with Crippen LogP contribution in [0.3, 0.4) is 0 Å². The van der Waals surface area contributed by atoms with E-state index >= 15 is 0 Å². The minimum atomic E-state index is -0.624. The lowest BCUT2D eigenvalue weighted by Crippen LogP contribution is -2.51. The number of aliphatic imine (C=N–C) groups is 2. The minimum Gasteiger partial charge on any atom is -0.383 e. The van der Waals surface area contributed by atoms with Crippen LogP contribution in [0.4, 0.5) is 15.0 Å². The summed E-state index contributed by atoms with van der Waals surface area (Å²) >= 11 is 0. The zero-order chi connectivity index (χ0) is 33.5. The number of amides is 2. The van der Waals surface area contributed by atoms with Crippen molar-refractivity contribution in [1.29, 1.82) is 0 Å². The molecule has 0 unspecified atom stereocenters. The summed E-state index contributed by atoms with van der Waals surface area (Å²) in [7, 11) is 3.72. The Balaban J connectivity index is 1.40. The number of guanidine groups is 1. The average molecular weight is 647 g/mol. The maximum absolute atomic E-state index is 14.0. The normalized spacial score (nSPS) is 21.2. The fourth-order valence-corrected chi connectivity index (χ4v) is 5.69. The number of rotatable bonds is 9. The van der Waals surface area contributed by atoms with Crippen LogP contribution in [0.25, 0.3) is 11.3 Å². The molecule has 5 rings (SSSR count). The van der Waals surface area contributed by atoms with Gasteiger partial charge in [0, 0.05) is 63.8 Å². The molecule has 4 heterocycles. The van der Waals surface area contributed by atoms with Crippen molar-refractivity contribution in [2.45, 2.75) is 39.0 Å². The molecule has 0 radical (unpaired) electrons. The molecule has 2 N–H and O–H groups in total. The molecule has 0 aliphatic carbocycles. The first-order valence-electron chi connectivity index (χ1n) is 15.6. The Kier molecular flexibility index (Phi) is 11.1. The molecule has 2 saturated heterocycles. The van der Waals surface area contributed by atoms with Crippen molar-refractivity contribution in [2.75, 3.05) is 58.8 Å². The molecule has 3 atom stereocenters. The number of benzene rings is 1. The summed E-state index contributed by atoms with van der Waals surface area (Å²) in [5.41, 5.74) is 3.56. The van der Waals surface area contributed by atoms with Gasteiger partial charge < -0.3 is 19.9 Å². The van der Waals surface area contributed by atoms with E-state index < -0.39 is 24.1 Å². The molecule has 13 nitrogen and oxygen atoms in total. The van der Waals surface area contributed by atoms with Gasteiger partial charge in [0.2, 0.25) is 11.9 Å². The molecule has 14 heteroatoms. The number of pyridine rings is 1. The zero-order valence-corrected chi connectivity index (χ0v) is 27.6. The summed E-state index contributed by atoms with van der Waals surface area (Å²) in [5, 5.41) is 12.7. The van der Waals surface area contributed by atoms with Crippen LogP contribution in [0.2, 0.25) is 0 Å².